The molecular formula is C9H12O3S. The van der Waals surface area contributed by atoms with Crippen LogP contribution in [0.25, 0.3) is 0 Å². The number of methoxy groups -OCH3 is 1. The summed E-state index contributed by atoms with van der Waals surface area (Å²) in [5.74, 6) is 0.736. The minimum Gasteiger partial charge on any atom is -0.490 e. The third-order valence-corrected chi connectivity index (χ3v) is 1.86. The first-order valence-corrected chi connectivity index (χ1v) is 4.82. The minimum atomic E-state index is 0.546. The van der Waals surface area contributed by atoms with Gasteiger partial charge in [0.2, 0.25) is 0 Å². The molecule has 13 heavy (non-hydrogen) atoms. The summed E-state index contributed by atoms with van der Waals surface area (Å²) in [5.41, 5.74) is 0. The topological polar surface area (TPSA) is 27.7 Å². The Morgan fingerprint density at radius 1 is 1.31 bits per heavy atom. The first-order valence-electron chi connectivity index (χ1n) is 4.00. The number of hydrogen-bond acceptors (Lipinski definition) is 4. The van der Waals surface area contributed by atoms with Crippen molar-refractivity contribution >= 4 is 11.3 Å². The van der Waals surface area contributed by atoms with Crippen LogP contribution in [-0.2, 0) is 9.47 Å². The Morgan fingerprint density at radius 3 is 2.85 bits per heavy atom. The van der Waals surface area contributed by atoms with Crippen LogP contribution in [0.4, 0.5) is 0 Å². The summed E-state index contributed by atoms with van der Waals surface area (Å²) in [7, 11) is 1.65. The van der Waals surface area contributed by atoms with E-state index in [2.05, 4.69) is 10.8 Å². The first kappa shape index (κ1) is 10.5. The van der Waals surface area contributed by atoms with Crippen LogP contribution in [0.15, 0.2) is 6.07 Å². The van der Waals surface area contributed by atoms with Crippen molar-refractivity contribution < 1.29 is 14.2 Å². The van der Waals surface area contributed by atoms with E-state index >= 15 is 0 Å². The van der Waals surface area contributed by atoms with Gasteiger partial charge >= 0.3 is 0 Å². The molecule has 3 nitrogen and oxygen atoms in total. The number of ether oxygens (including phenoxy) is 3. The Balaban J connectivity index is 1.90. The van der Waals surface area contributed by atoms with Gasteiger partial charge in [0.25, 0.3) is 0 Å². The van der Waals surface area contributed by atoms with E-state index in [1.54, 1.807) is 13.2 Å². The van der Waals surface area contributed by atoms with Crippen LogP contribution >= 0.6 is 11.3 Å². The van der Waals surface area contributed by atoms with Crippen LogP contribution in [-0.4, -0.2) is 33.5 Å². The second kappa shape index (κ2) is 6.88. The Morgan fingerprint density at radius 2 is 2.15 bits per heavy atom. The summed E-state index contributed by atoms with van der Waals surface area (Å²) in [6, 6.07) is 1.76. The monoisotopic (exact) mass is 200 g/mol. The van der Waals surface area contributed by atoms with Crippen LogP contribution < -0.4 is 4.74 Å². The fraction of sp³-hybridized carbons (Fsp3) is 0.556. The van der Waals surface area contributed by atoms with Gasteiger partial charge in [-0.15, -0.1) is 11.3 Å². The zero-order valence-electron chi connectivity index (χ0n) is 7.54. The van der Waals surface area contributed by atoms with Gasteiger partial charge in [-0.05, 0) is 0 Å². The molecule has 0 unspecified atom stereocenters. The van der Waals surface area contributed by atoms with Gasteiger partial charge in [-0.25, -0.2) is 0 Å². The highest BCUT2D eigenvalue weighted by atomic mass is 32.1. The molecule has 0 atom stereocenters. The predicted molar refractivity (Wildman–Crippen MR) is 50.2 cm³/mol. The van der Waals surface area contributed by atoms with Crippen molar-refractivity contribution in [3.63, 3.8) is 0 Å². The third kappa shape index (κ3) is 4.87. The van der Waals surface area contributed by atoms with Crippen molar-refractivity contribution in [3.05, 3.63) is 16.8 Å². The van der Waals surface area contributed by atoms with Gasteiger partial charge in [0.1, 0.15) is 12.4 Å². The summed E-state index contributed by atoms with van der Waals surface area (Å²) in [6.07, 6.45) is 0. The maximum Gasteiger partial charge on any atom is 0.139 e. The maximum absolute atomic E-state index is 5.28. The van der Waals surface area contributed by atoms with Crippen molar-refractivity contribution in [2.75, 3.05) is 33.5 Å². The predicted octanol–water partition coefficient (Wildman–Crippen LogP) is 1.39. The lowest BCUT2D eigenvalue weighted by atomic mass is 10.6. The molecule has 0 bridgehead atoms. The highest BCUT2D eigenvalue weighted by Gasteiger charge is 1.93. The van der Waals surface area contributed by atoms with Crippen LogP contribution in [0.2, 0.25) is 0 Å². The lowest BCUT2D eigenvalue weighted by molar-refractivity contribution is 0.0544. The Hall–Kier alpha value is -0.580. The van der Waals surface area contributed by atoms with E-state index in [0.717, 1.165) is 5.75 Å². The number of thiophene rings is 1. The molecule has 0 spiro atoms. The van der Waals surface area contributed by atoms with E-state index in [1.807, 2.05) is 0 Å². The highest BCUT2D eigenvalue weighted by molar-refractivity contribution is 7.07. The van der Waals surface area contributed by atoms with Crippen LogP contribution in [0, 0.1) is 10.8 Å². The Bertz CT molecular complexity index is 199. The largest absolute Gasteiger partial charge is 0.490 e. The normalized spacial score (nSPS) is 10.2. The van der Waals surface area contributed by atoms with Crippen molar-refractivity contribution in [3.8, 4) is 5.75 Å². The van der Waals surface area contributed by atoms with Gasteiger partial charge in [-0.1, -0.05) is 0 Å². The maximum atomic E-state index is 5.28. The average molecular weight is 200 g/mol. The fourth-order valence-corrected chi connectivity index (χ4v) is 1.16. The molecule has 72 valence electrons. The standard InChI is InChI=1S/C9H12O3S/c1-10-3-4-11-5-6-12-9-2-7-13-8-9/h2H,3-6H2,1H3. The molecule has 0 aromatic carbocycles. The lowest BCUT2D eigenvalue weighted by Gasteiger charge is -2.04. The molecule has 0 N–H and O–H groups in total. The van der Waals surface area contributed by atoms with Crippen LogP contribution in [0.1, 0.15) is 0 Å². The smallest absolute Gasteiger partial charge is 0.139 e. The van der Waals surface area contributed by atoms with Crippen molar-refractivity contribution in [1.29, 1.82) is 0 Å². The van der Waals surface area contributed by atoms with Crippen molar-refractivity contribution in [2.24, 2.45) is 0 Å². The molecule has 0 amide bonds. The Kier molecular flexibility index (Phi) is 5.56. The van der Waals surface area contributed by atoms with Crippen LogP contribution in [0.5, 0.6) is 5.75 Å². The molecule has 2 radical (unpaired) electrons. The average Bonchev–Trinajstić information content (AvgIpc) is 2.63. The summed E-state index contributed by atoms with van der Waals surface area (Å²) in [6.45, 7) is 2.36. The molecule has 4 heteroatoms. The van der Waals surface area contributed by atoms with E-state index in [0.29, 0.717) is 26.4 Å². The summed E-state index contributed by atoms with van der Waals surface area (Å²) >= 11 is 1.38. The molecular weight excluding hydrogens is 188 g/mol. The first-order chi connectivity index (χ1) is 6.43. The molecule has 0 saturated heterocycles. The number of hydrogen-bond donors (Lipinski definition) is 0. The molecule has 1 heterocycles. The molecule has 0 fully saturated rings. The molecule has 0 aliphatic rings. The van der Waals surface area contributed by atoms with E-state index in [4.69, 9.17) is 14.2 Å². The second-order valence-corrected chi connectivity index (χ2v) is 2.93. The Labute approximate surface area is 82.2 Å². The van der Waals surface area contributed by atoms with E-state index < -0.39 is 0 Å². The van der Waals surface area contributed by atoms with Crippen molar-refractivity contribution in [1.82, 2.24) is 0 Å². The third-order valence-electron chi connectivity index (χ3n) is 1.32. The van der Waals surface area contributed by atoms with Crippen molar-refractivity contribution in [2.45, 2.75) is 0 Å². The van der Waals surface area contributed by atoms with Gasteiger partial charge in [0, 0.05) is 18.6 Å². The highest BCUT2D eigenvalue weighted by Crippen LogP contribution is 2.12. The van der Waals surface area contributed by atoms with Gasteiger partial charge in [-0.3, -0.25) is 0 Å². The summed E-state index contributed by atoms with van der Waals surface area (Å²) in [4.78, 5) is 0. The summed E-state index contributed by atoms with van der Waals surface area (Å²) < 4.78 is 15.3. The quantitative estimate of drug-likeness (QED) is 0.622. The zero-order chi connectivity index (χ0) is 9.36. The zero-order valence-corrected chi connectivity index (χ0v) is 8.36. The van der Waals surface area contributed by atoms with Gasteiger partial charge in [0.05, 0.1) is 25.2 Å². The van der Waals surface area contributed by atoms with E-state index in [9.17, 15) is 0 Å². The van der Waals surface area contributed by atoms with Crippen LogP contribution in [0.3, 0.4) is 0 Å². The van der Waals surface area contributed by atoms with Gasteiger partial charge < -0.3 is 14.2 Å². The molecule has 0 saturated carbocycles. The molecule has 0 aliphatic carbocycles. The second-order valence-electron chi connectivity index (χ2n) is 2.28. The summed E-state index contributed by atoms with van der Waals surface area (Å²) in [5, 5.41) is 5.81. The van der Waals surface area contributed by atoms with E-state index in [1.165, 1.54) is 11.3 Å². The minimum absolute atomic E-state index is 0.546. The lowest BCUT2D eigenvalue weighted by Crippen LogP contribution is -2.09. The fourth-order valence-electron chi connectivity index (χ4n) is 0.718. The molecule has 1 rings (SSSR count). The molecule has 0 aliphatic heterocycles. The molecule has 1 aromatic heterocycles. The molecule has 1 aromatic rings. The van der Waals surface area contributed by atoms with E-state index in [-0.39, 0.29) is 0 Å². The van der Waals surface area contributed by atoms with Gasteiger partial charge in [0.15, 0.2) is 0 Å². The van der Waals surface area contributed by atoms with Gasteiger partial charge in [-0.2, -0.15) is 0 Å². The number of rotatable bonds is 7. The SMILES string of the molecule is COCCOCCOc1[c]s[c]c1.